The Kier molecular flexibility index (Phi) is 2.54. The van der Waals surface area contributed by atoms with Gasteiger partial charge in [-0.2, -0.15) is 0 Å². The highest BCUT2D eigenvalue weighted by atomic mass is 79.9. The summed E-state index contributed by atoms with van der Waals surface area (Å²) in [6.07, 6.45) is 3.33. The summed E-state index contributed by atoms with van der Waals surface area (Å²) in [5.41, 5.74) is -0.0519. The molecule has 2 aromatic heterocycles. The molecule has 0 fully saturated rings. The molecule has 0 amide bonds. The molecule has 2 heterocycles. The maximum atomic E-state index is 11.6. The zero-order chi connectivity index (χ0) is 9.97. The van der Waals surface area contributed by atoms with Gasteiger partial charge in [-0.3, -0.25) is 4.79 Å². The molecule has 0 aliphatic carbocycles. The highest BCUT2D eigenvalue weighted by Gasteiger charge is 2.01. The van der Waals surface area contributed by atoms with Gasteiger partial charge in [0.2, 0.25) is 0 Å². The molecule has 0 spiro atoms. The number of hydrogen-bond acceptors (Lipinski definition) is 2. The van der Waals surface area contributed by atoms with Gasteiger partial charge in [-0.25, -0.2) is 0 Å². The van der Waals surface area contributed by atoms with Crippen molar-refractivity contribution in [2.24, 2.45) is 0 Å². The number of hydrogen-bond donors (Lipinski definition) is 0. The van der Waals surface area contributed by atoms with E-state index in [1.54, 1.807) is 29.2 Å². The van der Waals surface area contributed by atoms with Crippen LogP contribution in [-0.2, 0) is 6.54 Å². The Balaban J connectivity index is 2.34. The summed E-state index contributed by atoms with van der Waals surface area (Å²) < 4.78 is 7.31. The Hall–Kier alpha value is -1.29. The van der Waals surface area contributed by atoms with Crippen molar-refractivity contribution in [1.82, 2.24) is 4.57 Å². The van der Waals surface area contributed by atoms with Crippen molar-refractivity contribution in [3.8, 4) is 0 Å². The van der Waals surface area contributed by atoms with Crippen LogP contribution in [0.1, 0.15) is 5.76 Å². The van der Waals surface area contributed by atoms with Crippen LogP contribution in [0, 0.1) is 0 Å². The minimum absolute atomic E-state index is 0.0519. The molecule has 3 nitrogen and oxygen atoms in total. The predicted octanol–water partition coefficient (Wildman–Crippen LogP) is 2.25. The Morgan fingerprint density at radius 1 is 1.36 bits per heavy atom. The fourth-order valence-corrected chi connectivity index (χ4v) is 1.58. The van der Waals surface area contributed by atoms with Crippen LogP contribution in [-0.4, -0.2) is 4.57 Å². The van der Waals surface area contributed by atoms with Gasteiger partial charge < -0.3 is 8.98 Å². The summed E-state index contributed by atoms with van der Waals surface area (Å²) in [6.45, 7) is 0.464. The molecule has 0 N–H and O–H groups in total. The number of aromatic nitrogens is 1. The second-order valence-corrected chi connectivity index (χ2v) is 3.72. The summed E-state index contributed by atoms with van der Waals surface area (Å²) in [5, 5.41) is 0. The minimum Gasteiger partial charge on any atom is -0.467 e. The Morgan fingerprint density at radius 2 is 2.21 bits per heavy atom. The molecular formula is C10H8BrNO2. The fourth-order valence-electron chi connectivity index (χ4n) is 1.20. The lowest BCUT2D eigenvalue weighted by atomic mass is 10.4. The number of halogens is 1. The molecule has 0 radical (unpaired) electrons. The highest BCUT2D eigenvalue weighted by molar-refractivity contribution is 9.10. The van der Waals surface area contributed by atoms with Crippen LogP contribution in [0.4, 0.5) is 0 Å². The standard InChI is InChI=1S/C10H8BrNO2/c11-9-4-1-5-12(10(9)13)7-8-3-2-6-14-8/h1-6H,7H2. The van der Waals surface area contributed by atoms with Crippen molar-refractivity contribution < 1.29 is 4.42 Å². The third-order valence-corrected chi connectivity index (χ3v) is 2.48. The van der Waals surface area contributed by atoms with Gasteiger partial charge in [-0.15, -0.1) is 0 Å². The molecule has 0 aliphatic heterocycles. The smallest absolute Gasteiger partial charge is 0.265 e. The van der Waals surface area contributed by atoms with E-state index in [-0.39, 0.29) is 5.56 Å². The molecule has 2 aromatic rings. The SMILES string of the molecule is O=c1c(Br)cccn1Cc1ccco1. The van der Waals surface area contributed by atoms with Gasteiger partial charge in [0.05, 0.1) is 17.3 Å². The van der Waals surface area contributed by atoms with Crippen LogP contribution in [0.2, 0.25) is 0 Å². The lowest BCUT2D eigenvalue weighted by molar-refractivity contribution is 0.489. The topological polar surface area (TPSA) is 35.1 Å². The molecule has 2 rings (SSSR count). The first-order chi connectivity index (χ1) is 6.77. The van der Waals surface area contributed by atoms with Crippen LogP contribution in [0.5, 0.6) is 0 Å². The van der Waals surface area contributed by atoms with E-state index < -0.39 is 0 Å². The van der Waals surface area contributed by atoms with Crippen molar-refractivity contribution in [1.29, 1.82) is 0 Å². The van der Waals surface area contributed by atoms with Gasteiger partial charge in [-0.1, -0.05) is 0 Å². The van der Waals surface area contributed by atoms with E-state index in [1.165, 1.54) is 0 Å². The molecule has 0 saturated heterocycles. The van der Waals surface area contributed by atoms with Crippen LogP contribution in [0.3, 0.4) is 0 Å². The quantitative estimate of drug-likeness (QED) is 0.823. The van der Waals surface area contributed by atoms with Gasteiger partial charge in [-0.05, 0) is 40.2 Å². The maximum Gasteiger partial charge on any atom is 0.265 e. The molecule has 14 heavy (non-hydrogen) atoms. The first-order valence-corrected chi connectivity index (χ1v) is 4.94. The van der Waals surface area contributed by atoms with Gasteiger partial charge in [0.1, 0.15) is 5.76 Å². The maximum absolute atomic E-state index is 11.6. The summed E-state index contributed by atoms with van der Waals surface area (Å²) in [6, 6.07) is 7.18. The zero-order valence-corrected chi connectivity index (χ0v) is 8.90. The average Bonchev–Trinajstić information content (AvgIpc) is 2.66. The molecule has 0 saturated carbocycles. The van der Waals surface area contributed by atoms with E-state index in [0.29, 0.717) is 11.0 Å². The molecule has 0 unspecified atom stereocenters. The number of nitrogens with zero attached hydrogens (tertiary/aromatic N) is 1. The van der Waals surface area contributed by atoms with E-state index >= 15 is 0 Å². The van der Waals surface area contributed by atoms with Gasteiger partial charge >= 0.3 is 0 Å². The monoisotopic (exact) mass is 253 g/mol. The Bertz CT molecular complexity index is 473. The number of pyridine rings is 1. The van der Waals surface area contributed by atoms with Crippen LogP contribution in [0.25, 0.3) is 0 Å². The van der Waals surface area contributed by atoms with Crippen molar-refractivity contribution in [2.75, 3.05) is 0 Å². The molecular weight excluding hydrogens is 246 g/mol. The molecule has 0 aromatic carbocycles. The Labute approximate surface area is 89.1 Å². The molecule has 0 aliphatic rings. The summed E-state index contributed by atoms with van der Waals surface area (Å²) in [4.78, 5) is 11.6. The van der Waals surface area contributed by atoms with Crippen molar-refractivity contribution >= 4 is 15.9 Å². The van der Waals surface area contributed by atoms with Crippen LogP contribution >= 0.6 is 15.9 Å². The number of furan rings is 1. The van der Waals surface area contributed by atoms with Crippen molar-refractivity contribution in [3.63, 3.8) is 0 Å². The van der Waals surface area contributed by atoms with Crippen molar-refractivity contribution in [2.45, 2.75) is 6.54 Å². The highest BCUT2D eigenvalue weighted by Crippen LogP contribution is 2.04. The first kappa shape index (κ1) is 9.27. The first-order valence-electron chi connectivity index (χ1n) is 4.15. The van der Waals surface area contributed by atoms with Crippen LogP contribution in [0.15, 0.2) is 50.4 Å². The van der Waals surface area contributed by atoms with E-state index in [4.69, 9.17) is 4.42 Å². The third kappa shape index (κ3) is 1.80. The Morgan fingerprint density at radius 3 is 2.93 bits per heavy atom. The van der Waals surface area contributed by atoms with E-state index in [1.807, 2.05) is 12.1 Å². The molecule has 0 atom stereocenters. The normalized spacial score (nSPS) is 10.4. The number of rotatable bonds is 2. The average molecular weight is 254 g/mol. The fraction of sp³-hybridized carbons (Fsp3) is 0.100. The van der Waals surface area contributed by atoms with Gasteiger partial charge in [0.15, 0.2) is 0 Å². The predicted molar refractivity (Wildman–Crippen MR) is 56.2 cm³/mol. The third-order valence-electron chi connectivity index (χ3n) is 1.88. The van der Waals surface area contributed by atoms with E-state index in [9.17, 15) is 4.79 Å². The summed E-state index contributed by atoms with van der Waals surface area (Å²) in [5.74, 6) is 0.769. The van der Waals surface area contributed by atoms with E-state index in [2.05, 4.69) is 15.9 Å². The molecule has 72 valence electrons. The largest absolute Gasteiger partial charge is 0.467 e. The lowest BCUT2D eigenvalue weighted by Gasteiger charge is -2.02. The van der Waals surface area contributed by atoms with Gasteiger partial charge in [0, 0.05) is 6.20 Å². The summed E-state index contributed by atoms with van der Waals surface area (Å²) in [7, 11) is 0. The van der Waals surface area contributed by atoms with Crippen molar-refractivity contribution in [3.05, 3.63) is 57.3 Å². The van der Waals surface area contributed by atoms with Gasteiger partial charge in [0.25, 0.3) is 5.56 Å². The lowest BCUT2D eigenvalue weighted by Crippen LogP contribution is -2.19. The zero-order valence-electron chi connectivity index (χ0n) is 7.31. The molecule has 4 heteroatoms. The minimum atomic E-state index is -0.0519. The van der Waals surface area contributed by atoms with E-state index in [0.717, 1.165) is 5.76 Å². The molecule has 0 bridgehead atoms. The second-order valence-electron chi connectivity index (χ2n) is 2.87. The second kappa shape index (κ2) is 3.84. The summed E-state index contributed by atoms with van der Waals surface area (Å²) >= 11 is 3.19. The van der Waals surface area contributed by atoms with Crippen LogP contribution < -0.4 is 5.56 Å².